The van der Waals surface area contributed by atoms with Gasteiger partial charge in [0.2, 0.25) is 5.95 Å². The van der Waals surface area contributed by atoms with Crippen LogP contribution in [-0.2, 0) is 20.7 Å². The smallest absolute Gasteiger partial charge is 0.220 e. The van der Waals surface area contributed by atoms with Crippen LogP contribution in [0, 0.1) is 12.7 Å². The number of nitrogens with zero attached hydrogens (tertiary/aromatic N) is 3. The molecule has 0 unspecified atom stereocenters. The fourth-order valence-corrected chi connectivity index (χ4v) is 3.88. The van der Waals surface area contributed by atoms with E-state index in [1.54, 1.807) is 6.07 Å². The highest BCUT2D eigenvalue weighted by Gasteiger charge is 2.32. The number of nitrogens with two attached hydrogens (primary N) is 1. The highest BCUT2D eigenvalue weighted by molar-refractivity contribution is 6.33. The van der Waals surface area contributed by atoms with Gasteiger partial charge in [0.05, 0.1) is 42.3 Å². The van der Waals surface area contributed by atoms with E-state index in [0.29, 0.717) is 48.6 Å². The lowest BCUT2D eigenvalue weighted by Gasteiger charge is -2.25. The molecule has 1 saturated heterocycles. The lowest BCUT2D eigenvalue weighted by Crippen LogP contribution is -2.33. The first-order chi connectivity index (χ1) is 14.7. The van der Waals surface area contributed by atoms with E-state index in [-0.39, 0.29) is 18.1 Å². The Kier molecular flexibility index (Phi) is 5.96. The minimum absolute atomic E-state index is 0.0333. The summed E-state index contributed by atoms with van der Waals surface area (Å²) in [6, 6.07) is 3.93. The van der Waals surface area contributed by atoms with Crippen molar-refractivity contribution >= 4 is 25.1 Å². The quantitative estimate of drug-likeness (QED) is 0.424. The number of fused-ring (bicyclic) bond motifs is 1. The molecule has 3 heterocycles. The molecule has 4 rings (SSSR count). The van der Waals surface area contributed by atoms with Gasteiger partial charge in [0, 0.05) is 12.8 Å². The van der Waals surface area contributed by atoms with Crippen LogP contribution in [0.3, 0.4) is 0 Å². The number of aliphatic imine (C=N–C) groups is 1. The molecule has 2 aliphatic heterocycles. The molecule has 3 N–H and O–H groups in total. The number of ether oxygens (including phenoxy) is 2. The fourth-order valence-electron chi connectivity index (χ4n) is 3.88. The van der Waals surface area contributed by atoms with E-state index >= 15 is 0 Å². The van der Waals surface area contributed by atoms with Crippen LogP contribution in [0.2, 0.25) is 0 Å². The second-order valence-corrected chi connectivity index (χ2v) is 8.15. The molecule has 2 aromatic rings. The third kappa shape index (κ3) is 4.86. The van der Waals surface area contributed by atoms with Crippen molar-refractivity contribution in [1.82, 2.24) is 15.4 Å². The number of aryl methyl sites for hydroxylation is 1. The molecule has 2 atom stereocenters. The summed E-state index contributed by atoms with van der Waals surface area (Å²) in [5.41, 5.74) is 12.0. The first-order valence-corrected chi connectivity index (χ1v) is 10.2. The molecule has 8 nitrogen and oxygen atoms in total. The molecule has 31 heavy (non-hydrogen) atoms. The molecule has 1 aromatic carbocycles. The Morgan fingerprint density at radius 3 is 2.87 bits per heavy atom. The summed E-state index contributed by atoms with van der Waals surface area (Å²) >= 11 is 0. The van der Waals surface area contributed by atoms with Gasteiger partial charge in [-0.2, -0.15) is 0 Å². The summed E-state index contributed by atoms with van der Waals surface area (Å²) in [5.74, 6) is -0.297. The van der Waals surface area contributed by atoms with Gasteiger partial charge in [-0.15, -0.1) is 0 Å². The molecule has 1 fully saturated rings. The number of benzene rings is 1. The Bertz CT molecular complexity index is 1020. The monoisotopic (exact) mass is 425 g/mol. The first kappa shape index (κ1) is 21.7. The van der Waals surface area contributed by atoms with E-state index in [1.807, 2.05) is 20.8 Å². The third-order valence-corrected chi connectivity index (χ3v) is 5.28. The summed E-state index contributed by atoms with van der Waals surface area (Å²) in [4.78, 5) is 19.1. The van der Waals surface area contributed by atoms with Crippen LogP contribution in [0.4, 0.5) is 10.3 Å². The molecule has 162 valence electrons. The lowest BCUT2D eigenvalue weighted by molar-refractivity contribution is -0.140. The third-order valence-electron chi connectivity index (χ3n) is 5.28. The van der Waals surface area contributed by atoms with Crippen LogP contribution in [-0.4, -0.2) is 48.8 Å². The maximum atomic E-state index is 13.5. The van der Waals surface area contributed by atoms with Crippen molar-refractivity contribution < 1.29 is 18.7 Å². The van der Waals surface area contributed by atoms with Crippen LogP contribution in [0.25, 0.3) is 0 Å². The molecule has 0 amide bonds. The van der Waals surface area contributed by atoms with Gasteiger partial charge in [-0.05, 0) is 38.5 Å². The Hall–Kier alpha value is -2.56. The number of hydrogen-bond acceptors (Lipinski definition) is 8. The van der Waals surface area contributed by atoms with Crippen molar-refractivity contribution in [2.75, 3.05) is 18.9 Å². The minimum atomic E-state index is -0.568. The summed E-state index contributed by atoms with van der Waals surface area (Å²) in [6.45, 7) is 6.52. The van der Waals surface area contributed by atoms with Crippen LogP contribution in [0.1, 0.15) is 48.8 Å². The number of hydrogen-bond donors (Lipinski definition) is 2. The van der Waals surface area contributed by atoms with Crippen LogP contribution in [0.5, 0.6) is 0 Å². The van der Waals surface area contributed by atoms with Gasteiger partial charge in [-0.1, -0.05) is 11.5 Å². The highest BCUT2D eigenvalue weighted by atomic mass is 19.1. The zero-order valence-electron chi connectivity index (χ0n) is 17.8. The zero-order valence-corrected chi connectivity index (χ0v) is 17.8. The van der Waals surface area contributed by atoms with Gasteiger partial charge in [0.15, 0.2) is 11.6 Å². The van der Waals surface area contributed by atoms with Gasteiger partial charge in [0.25, 0.3) is 0 Å². The Labute approximate surface area is 181 Å². The van der Waals surface area contributed by atoms with E-state index in [0.717, 1.165) is 11.3 Å². The number of aromatic nitrogens is 2. The van der Waals surface area contributed by atoms with Crippen molar-refractivity contribution in [2.45, 2.75) is 51.5 Å². The van der Waals surface area contributed by atoms with Gasteiger partial charge in [-0.3, -0.25) is 9.83 Å². The Morgan fingerprint density at radius 1 is 1.35 bits per heavy atom. The normalized spacial score (nSPS) is 22.1. The van der Waals surface area contributed by atoms with Crippen molar-refractivity contribution in [1.29, 1.82) is 0 Å². The van der Waals surface area contributed by atoms with Gasteiger partial charge in [-0.25, -0.2) is 19.8 Å². The molecule has 1 aromatic heterocycles. The molecule has 0 spiro atoms. The number of hydroxylamine groups is 1. The number of anilines is 1. The van der Waals surface area contributed by atoms with Crippen molar-refractivity contribution in [3.63, 3.8) is 0 Å². The van der Waals surface area contributed by atoms with Gasteiger partial charge < -0.3 is 15.2 Å². The van der Waals surface area contributed by atoms with Crippen LogP contribution >= 0.6 is 0 Å². The molecular formula is C21H25BFN5O3. The van der Waals surface area contributed by atoms with Crippen molar-refractivity contribution in [2.24, 2.45) is 4.99 Å². The van der Waals surface area contributed by atoms with E-state index in [2.05, 4.69) is 15.4 Å². The van der Waals surface area contributed by atoms with Crippen molar-refractivity contribution in [3.8, 4) is 0 Å². The fraction of sp³-hybridized carbons (Fsp3) is 0.476. The van der Waals surface area contributed by atoms with E-state index in [4.69, 9.17) is 32.9 Å². The minimum Gasteiger partial charge on any atom is -0.368 e. The zero-order chi connectivity index (χ0) is 22.2. The van der Waals surface area contributed by atoms with E-state index < -0.39 is 11.6 Å². The van der Waals surface area contributed by atoms with Crippen molar-refractivity contribution in [3.05, 3.63) is 46.5 Å². The molecule has 2 aliphatic rings. The Balaban J connectivity index is 1.52. The molecule has 0 bridgehead atoms. The first-order valence-electron chi connectivity index (χ1n) is 10.2. The summed E-state index contributed by atoms with van der Waals surface area (Å²) < 4.78 is 24.9. The number of nitrogen functional groups attached to an aromatic ring is 1. The average molecular weight is 425 g/mol. The number of halogens is 1. The summed E-state index contributed by atoms with van der Waals surface area (Å²) in [7, 11) is 6.05. The number of rotatable bonds is 5. The predicted octanol–water partition coefficient (Wildman–Crippen LogP) is 1.41. The van der Waals surface area contributed by atoms with E-state index in [9.17, 15) is 4.39 Å². The van der Waals surface area contributed by atoms with Crippen LogP contribution < -0.4 is 16.7 Å². The standard InChI is InChI=1S/C21H25BFN5O3/c1-11-18-17(27-20(24)25-11)9-16(14-5-4-12(23)8-15(14)22)26-19(18)28-30-7-6-13-10-29-21(2,3)31-13/h4-5,8,13,16H,6-7,9-10H2,1-3H3,(H,26,28)(H2,24,25,27)/t13-,16+/m0/s1. The second kappa shape index (κ2) is 8.53. The van der Waals surface area contributed by atoms with E-state index in [1.165, 1.54) is 12.1 Å². The molecule has 2 radical (unpaired) electrons. The molecule has 0 saturated carbocycles. The maximum absolute atomic E-state index is 13.5. The Morgan fingerprint density at radius 2 is 2.16 bits per heavy atom. The topological polar surface area (TPSA) is 104 Å². The lowest BCUT2D eigenvalue weighted by atomic mass is 9.84. The maximum Gasteiger partial charge on any atom is 0.220 e. The SMILES string of the molecule is [B]c1cc(F)ccc1[C@H]1Cc2nc(N)nc(C)c2C(NOCC[C@H]2COC(C)(C)O2)=N1. The largest absolute Gasteiger partial charge is 0.368 e. The molecular weight excluding hydrogens is 400 g/mol. The second-order valence-electron chi connectivity index (χ2n) is 8.15. The predicted molar refractivity (Wildman–Crippen MR) is 115 cm³/mol. The van der Waals surface area contributed by atoms with Crippen LogP contribution in [0.15, 0.2) is 23.2 Å². The highest BCUT2D eigenvalue weighted by Crippen LogP contribution is 2.29. The summed E-state index contributed by atoms with van der Waals surface area (Å²) in [5, 5.41) is 0. The summed E-state index contributed by atoms with van der Waals surface area (Å²) in [6.07, 6.45) is 1.09. The van der Waals surface area contributed by atoms with Gasteiger partial charge in [0.1, 0.15) is 13.7 Å². The number of amidine groups is 1. The van der Waals surface area contributed by atoms with Gasteiger partial charge >= 0.3 is 0 Å². The average Bonchev–Trinajstić information content (AvgIpc) is 3.03. The molecule has 10 heteroatoms. The molecule has 0 aliphatic carbocycles. The number of nitrogens with one attached hydrogen (secondary N) is 1.